The molecule has 30 heavy (non-hydrogen) atoms. The van der Waals surface area contributed by atoms with Crippen LogP contribution in [0.3, 0.4) is 0 Å². The summed E-state index contributed by atoms with van der Waals surface area (Å²) >= 11 is 1.42. The van der Waals surface area contributed by atoms with Gasteiger partial charge in [0, 0.05) is 6.54 Å². The fourth-order valence-electron chi connectivity index (χ4n) is 3.04. The van der Waals surface area contributed by atoms with E-state index in [1.54, 1.807) is 6.26 Å². The Hall–Kier alpha value is -2.38. The molecule has 8 N–H and O–H groups in total. The standard InChI is InChI=1S/C17H29N5O7S/c1-30-6-4-10(20-14(25)9(18)7-13(19)24)15(26)21-11(8-23)16(27)22-5-2-3-12(22)17(28)29/h9-12,23H,2-8,18H2,1H3,(H2,19,24)(H,20,25)(H,21,26)(H,28,29). The molecule has 4 unspecified atom stereocenters. The number of hydrogen-bond acceptors (Lipinski definition) is 8. The summed E-state index contributed by atoms with van der Waals surface area (Å²) in [6.07, 6.45) is 2.40. The Balaban J connectivity index is 2.84. The Morgan fingerprint density at radius 2 is 1.80 bits per heavy atom. The summed E-state index contributed by atoms with van der Waals surface area (Å²) in [6, 6.07) is -4.67. The van der Waals surface area contributed by atoms with Crippen molar-refractivity contribution < 1.29 is 34.2 Å². The van der Waals surface area contributed by atoms with Gasteiger partial charge in [-0.15, -0.1) is 0 Å². The average molecular weight is 448 g/mol. The Labute approximate surface area is 178 Å². The summed E-state index contributed by atoms with van der Waals surface area (Å²) in [6.45, 7) is -0.533. The van der Waals surface area contributed by atoms with Gasteiger partial charge in [0.15, 0.2) is 0 Å². The summed E-state index contributed by atoms with van der Waals surface area (Å²) in [7, 11) is 0. The van der Waals surface area contributed by atoms with Crippen molar-refractivity contribution in [2.24, 2.45) is 11.5 Å². The number of carbonyl (C=O) groups is 5. The molecule has 12 nitrogen and oxygen atoms in total. The van der Waals surface area contributed by atoms with E-state index in [0.717, 1.165) is 4.90 Å². The third-order valence-corrected chi connectivity index (χ3v) is 5.26. The lowest BCUT2D eigenvalue weighted by atomic mass is 10.1. The number of nitrogens with one attached hydrogen (secondary N) is 2. The van der Waals surface area contributed by atoms with Crippen LogP contribution in [-0.4, -0.2) is 94.0 Å². The Morgan fingerprint density at radius 1 is 1.17 bits per heavy atom. The second kappa shape index (κ2) is 12.3. The molecule has 13 heteroatoms. The minimum Gasteiger partial charge on any atom is -0.480 e. The Bertz CT molecular complexity index is 662. The third kappa shape index (κ3) is 7.46. The maximum atomic E-state index is 12.7. The molecule has 1 rings (SSSR count). The molecule has 1 saturated heterocycles. The van der Waals surface area contributed by atoms with Crippen molar-refractivity contribution in [1.29, 1.82) is 0 Å². The summed E-state index contributed by atoms with van der Waals surface area (Å²) < 4.78 is 0. The number of carboxylic acid groups (broad SMARTS) is 1. The number of rotatable bonds is 12. The van der Waals surface area contributed by atoms with Crippen LogP contribution in [-0.2, 0) is 24.0 Å². The first-order chi connectivity index (χ1) is 14.1. The van der Waals surface area contributed by atoms with E-state index in [0.29, 0.717) is 12.2 Å². The zero-order chi connectivity index (χ0) is 22.8. The van der Waals surface area contributed by atoms with Gasteiger partial charge in [-0.25, -0.2) is 4.79 Å². The van der Waals surface area contributed by atoms with Crippen molar-refractivity contribution in [2.75, 3.05) is 25.2 Å². The minimum atomic E-state index is -1.36. The monoisotopic (exact) mass is 447 g/mol. The number of likely N-dealkylation sites (tertiary alicyclic amines) is 1. The molecule has 1 heterocycles. The van der Waals surface area contributed by atoms with E-state index in [-0.39, 0.29) is 19.4 Å². The van der Waals surface area contributed by atoms with Gasteiger partial charge in [0.25, 0.3) is 0 Å². The first-order valence-electron chi connectivity index (χ1n) is 9.40. The van der Waals surface area contributed by atoms with E-state index >= 15 is 0 Å². The molecule has 0 saturated carbocycles. The van der Waals surface area contributed by atoms with Crippen LogP contribution in [0.15, 0.2) is 0 Å². The van der Waals surface area contributed by atoms with Gasteiger partial charge in [0.1, 0.15) is 18.1 Å². The molecule has 0 spiro atoms. The Kier molecular flexibility index (Phi) is 10.6. The fraction of sp³-hybridized carbons (Fsp3) is 0.706. The molecule has 4 amide bonds. The fourth-order valence-corrected chi connectivity index (χ4v) is 3.51. The number of aliphatic hydroxyl groups is 1. The first-order valence-corrected chi connectivity index (χ1v) is 10.8. The van der Waals surface area contributed by atoms with Crippen LogP contribution in [0.25, 0.3) is 0 Å². The largest absolute Gasteiger partial charge is 0.480 e. The number of nitrogens with zero attached hydrogens (tertiary/aromatic N) is 1. The number of aliphatic hydroxyl groups excluding tert-OH is 1. The highest BCUT2D eigenvalue weighted by atomic mass is 32.2. The van der Waals surface area contributed by atoms with Crippen molar-refractivity contribution in [3.8, 4) is 0 Å². The van der Waals surface area contributed by atoms with Crippen LogP contribution >= 0.6 is 11.8 Å². The van der Waals surface area contributed by atoms with Gasteiger partial charge in [0.05, 0.1) is 19.1 Å². The summed E-state index contributed by atoms with van der Waals surface area (Å²) in [5, 5.41) is 23.6. The normalized spacial score (nSPS) is 18.9. The number of nitrogens with two attached hydrogens (primary N) is 2. The van der Waals surface area contributed by atoms with Crippen molar-refractivity contribution >= 4 is 41.4 Å². The minimum absolute atomic E-state index is 0.204. The maximum Gasteiger partial charge on any atom is 0.326 e. The van der Waals surface area contributed by atoms with E-state index in [1.807, 2.05) is 0 Å². The predicted molar refractivity (Wildman–Crippen MR) is 108 cm³/mol. The average Bonchev–Trinajstić information content (AvgIpc) is 3.17. The van der Waals surface area contributed by atoms with Gasteiger partial charge in [0.2, 0.25) is 23.6 Å². The van der Waals surface area contributed by atoms with Gasteiger partial charge < -0.3 is 37.2 Å². The molecule has 1 fully saturated rings. The van der Waals surface area contributed by atoms with E-state index in [1.165, 1.54) is 11.8 Å². The lowest BCUT2D eigenvalue weighted by Crippen LogP contribution is -2.58. The van der Waals surface area contributed by atoms with E-state index in [2.05, 4.69) is 10.6 Å². The summed E-state index contributed by atoms with van der Waals surface area (Å²) in [5.41, 5.74) is 10.6. The SMILES string of the molecule is CSCCC(NC(=O)C(N)CC(N)=O)C(=O)NC(CO)C(=O)N1CCCC1C(=O)O. The van der Waals surface area contributed by atoms with Crippen LogP contribution in [0, 0.1) is 0 Å². The number of thioether (sulfide) groups is 1. The van der Waals surface area contributed by atoms with E-state index in [4.69, 9.17) is 11.5 Å². The third-order valence-electron chi connectivity index (χ3n) is 4.62. The molecule has 1 aliphatic rings. The van der Waals surface area contributed by atoms with Crippen LogP contribution in [0.2, 0.25) is 0 Å². The predicted octanol–water partition coefficient (Wildman–Crippen LogP) is -3.02. The van der Waals surface area contributed by atoms with Gasteiger partial charge >= 0.3 is 5.97 Å². The molecule has 0 aliphatic carbocycles. The number of primary amides is 1. The molecule has 4 atom stereocenters. The van der Waals surface area contributed by atoms with Crippen LogP contribution in [0.5, 0.6) is 0 Å². The molecule has 0 bridgehead atoms. The van der Waals surface area contributed by atoms with E-state index in [9.17, 15) is 34.2 Å². The maximum absolute atomic E-state index is 12.7. The molecule has 1 aliphatic heterocycles. The zero-order valence-corrected chi connectivity index (χ0v) is 17.5. The molecular weight excluding hydrogens is 418 g/mol. The molecule has 0 aromatic carbocycles. The smallest absolute Gasteiger partial charge is 0.326 e. The lowest BCUT2D eigenvalue weighted by Gasteiger charge is -2.28. The molecular formula is C17H29N5O7S. The quantitative estimate of drug-likeness (QED) is 0.180. The molecule has 0 aromatic rings. The van der Waals surface area contributed by atoms with Crippen molar-refractivity contribution in [1.82, 2.24) is 15.5 Å². The molecule has 0 aromatic heterocycles. The highest BCUT2D eigenvalue weighted by molar-refractivity contribution is 7.98. The Morgan fingerprint density at radius 3 is 2.33 bits per heavy atom. The first kappa shape index (κ1) is 25.7. The summed E-state index contributed by atoms with van der Waals surface area (Å²) in [4.78, 5) is 60.8. The van der Waals surface area contributed by atoms with Crippen molar-refractivity contribution in [2.45, 2.75) is 49.9 Å². The molecule has 170 valence electrons. The van der Waals surface area contributed by atoms with Crippen molar-refractivity contribution in [3.63, 3.8) is 0 Å². The van der Waals surface area contributed by atoms with E-state index < -0.39 is 66.8 Å². The van der Waals surface area contributed by atoms with Crippen LogP contribution in [0.4, 0.5) is 0 Å². The topological polar surface area (TPSA) is 205 Å². The number of carboxylic acids is 1. The number of hydrogen-bond donors (Lipinski definition) is 6. The van der Waals surface area contributed by atoms with Gasteiger partial charge in [-0.05, 0) is 31.3 Å². The van der Waals surface area contributed by atoms with Gasteiger partial charge in [-0.3, -0.25) is 19.2 Å². The molecule has 0 radical (unpaired) electrons. The van der Waals surface area contributed by atoms with Gasteiger partial charge in [-0.1, -0.05) is 0 Å². The summed E-state index contributed by atoms with van der Waals surface area (Å²) in [5.74, 6) is -3.63. The second-order valence-electron chi connectivity index (χ2n) is 6.89. The second-order valence-corrected chi connectivity index (χ2v) is 7.88. The lowest BCUT2D eigenvalue weighted by molar-refractivity contribution is -0.150. The van der Waals surface area contributed by atoms with Crippen LogP contribution in [0.1, 0.15) is 25.7 Å². The highest BCUT2D eigenvalue weighted by Crippen LogP contribution is 2.18. The number of carbonyl (C=O) groups excluding carboxylic acids is 4. The number of amides is 4. The van der Waals surface area contributed by atoms with Gasteiger partial charge in [-0.2, -0.15) is 11.8 Å². The zero-order valence-electron chi connectivity index (χ0n) is 16.7. The number of aliphatic carboxylic acids is 1. The van der Waals surface area contributed by atoms with Crippen molar-refractivity contribution in [3.05, 3.63) is 0 Å². The highest BCUT2D eigenvalue weighted by Gasteiger charge is 2.38. The van der Waals surface area contributed by atoms with Crippen LogP contribution < -0.4 is 22.1 Å².